The molecule has 2 fully saturated rings. The molecule has 1 amide bonds. The van der Waals surface area contributed by atoms with E-state index < -0.39 is 0 Å². The van der Waals surface area contributed by atoms with Crippen LogP contribution in [0.25, 0.3) is 0 Å². The molecule has 4 nitrogen and oxygen atoms in total. The lowest BCUT2D eigenvalue weighted by Gasteiger charge is -2.49. The van der Waals surface area contributed by atoms with E-state index >= 15 is 0 Å². The van der Waals surface area contributed by atoms with Gasteiger partial charge in [0.15, 0.2) is 0 Å². The van der Waals surface area contributed by atoms with E-state index in [0.717, 1.165) is 31.6 Å². The van der Waals surface area contributed by atoms with Crippen molar-refractivity contribution >= 4 is 5.91 Å². The molecule has 2 aliphatic carbocycles. The van der Waals surface area contributed by atoms with E-state index in [1.165, 1.54) is 43.5 Å². The van der Waals surface area contributed by atoms with Crippen LogP contribution in [0.2, 0.25) is 0 Å². The van der Waals surface area contributed by atoms with Crippen LogP contribution in [-0.4, -0.2) is 35.0 Å². The van der Waals surface area contributed by atoms with Crippen molar-refractivity contribution in [3.63, 3.8) is 0 Å². The molecule has 1 heterocycles. The van der Waals surface area contributed by atoms with Gasteiger partial charge in [-0.15, -0.1) is 0 Å². The molecule has 1 aromatic rings. The summed E-state index contributed by atoms with van der Waals surface area (Å²) in [6, 6.07) is 6.54. The highest BCUT2D eigenvalue weighted by Crippen LogP contribution is 2.52. The summed E-state index contributed by atoms with van der Waals surface area (Å²) in [7, 11) is 0. The molecule has 26 heavy (non-hydrogen) atoms. The summed E-state index contributed by atoms with van der Waals surface area (Å²) in [5, 5.41) is 10.2. The molecule has 3 aliphatic rings. The summed E-state index contributed by atoms with van der Waals surface area (Å²) >= 11 is 0. The lowest BCUT2D eigenvalue weighted by atomic mass is 9.58. The highest BCUT2D eigenvalue weighted by atomic mass is 16.3. The Morgan fingerprint density at radius 2 is 2.19 bits per heavy atom. The van der Waals surface area contributed by atoms with Gasteiger partial charge in [0.05, 0.1) is 0 Å². The van der Waals surface area contributed by atoms with Gasteiger partial charge in [-0.1, -0.05) is 13.0 Å². The van der Waals surface area contributed by atoms with E-state index in [4.69, 9.17) is 5.73 Å². The first-order valence-electron chi connectivity index (χ1n) is 10.3. The minimum atomic E-state index is -0.207. The number of primary amides is 1. The second-order valence-electron chi connectivity index (χ2n) is 8.92. The number of fused-ring (bicyclic) bond motifs is 4. The van der Waals surface area contributed by atoms with Crippen molar-refractivity contribution in [2.24, 2.45) is 17.6 Å². The number of amides is 1. The van der Waals surface area contributed by atoms with Crippen LogP contribution >= 0.6 is 0 Å². The maximum Gasteiger partial charge on any atom is 0.217 e. The van der Waals surface area contributed by atoms with Gasteiger partial charge in [-0.25, -0.2) is 0 Å². The lowest BCUT2D eigenvalue weighted by Crippen LogP contribution is -2.51. The molecule has 0 radical (unpaired) electrons. The molecule has 3 atom stereocenters. The fraction of sp³-hybridized carbons (Fsp3) is 0.682. The minimum absolute atomic E-state index is 0.0603. The van der Waals surface area contributed by atoms with E-state index in [1.807, 2.05) is 12.1 Å². The van der Waals surface area contributed by atoms with E-state index in [0.29, 0.717) is 24.1 Å². The molecular formula is C22H32N2O2. The minimum Gasteiger partial charge on any atom is -0.508 e. The first kappa shape index (κ1) is 17.8. The van der Waals surface area contributed by atoms with Crippen LogP contribution in [0.5, 0.6) is 5.75 Å². The molecule has 0 aromatic heterocycles. The normalized spacial score (nSPS) is 31.3. The van der Waals surface area contributed by atoms with E-state index in [9.17, 15) is 9.90 Å². The third kappa shape index (κ3) is 3.24. The highest BCUT2D eigenvalue weighted by molar-refractivity contribution is 5.73. The smallest absolute Gasteiger partial charge is 0.217 e. The largest absolute Gasteiger partial charge is 0.508 e. The molecule has 1 aliphatic heterocycles. The predicted octanol–water partition coefficient (Wildman–Crippen LogP) is 3.35. The Labute approximate surface area is 156 Å². The Kier molecular flexibility index (Phi) is 4.72. The zero-order chi connectivity index (χ0) is 18.3. The summed E-state index contributed by atoms with van der Waals surface area (Å²) in [6.45, 7) is 4.84. The Morgan fingerprint density at radius 3 is 2.92 bits per heavy atom. The van der Waals surface area contributed by atoms with Gasteiger partial charge >= 0.3 is 0 Å². The molecule has 4 heteroatoms. The second kappa shape index (κ2) is 6.88. The van der Waals surface area contributed by atoms with Crippen LogP contribution in [0.4, 0.5) is 0 Å². The molecular weight excluding hydrogens is 324 g/mol. The number of aromatic hydroxyl groups is 1. The van der Waals surface area contributed by atoms with Gasteiger partial charge in [-0.05, 0) is 92.0 Å². The van der Waals surface area contributed by atoms with Crippen molar-refractivity contribution in [1.82, 2.24) is 4.90 Å². The number of hydrogen-bond acceptors (Lipinski definition) is 3. The van der Waals surface area contributed by atoms with E-state index in [-0.39, 0.29) is 11.3 Å². The number of nitrogens with zero attached hydrogens (tertiary/aromatic N) is 1. The number of carbonyl (C=O) groups is 1. The van der Waals surface area contributed by atoms with Gasteiger partial charge < -0.3 is 10.8 Å². The van der Waals surface area contributed by atoms with Gasteiger partial charge in [0.25, 0.3) is 0 Å². The highest BCUT2D eigenvalue weighted by Gasteiger charge is 2.49. The lowest BCUT2D eigenvalue weighted by molar-refractivity contribution is -0.118. The van der Waals surface area contributed by atoms with Crippen molar-refractivity contribution in [3.8, 4) is 5.75 Å². The van der Waals surface area contributed by atoms with Crippen LogP contribution in [0.3, 0.4) is 0 Å². The van der Waals surface area contributed by atoms with Crippen LogP contribution in [0.1, 0.15) is 63.0 Å². The Balaban J connectivity index is 1.70. The van der Waals surface area contributed by atoms with Crippen LogP contribution in [0.15, 0.2) is 18.2 Å². The quantitative estimate of drug-likeness (QED) is 0.821. The second-order valence-corrected chi connectivity index (χ2v) is 8.92. The average Bonchev–Trinajstić information content (AvgIpc) is 3.41. The number of hydrogen-bond donors (Lipinski definition) is 2. The number of phenols is 1. The predicted molar refractivity (Wildman–Crippen MR) is 103 cm³/mol. The maximum absolute atomic E-state index is 11.3. The Morgan fingerprint density at radius 1 is 1.38 bits per heavy atom. The van der Waals surface area contributed by atoms with Crippen LogP contribution < -0.4 is 5.73 Å². The average molecular weight is 357 g/mol. The van der Waals surface area contributed by atoms with Gasteiger partial charge in [0.2, 0.25) is 5.91 Å². The molecule has 0 spiro atoms. The molecule has 1 aromatic carbocycles. The van der Waals surface area contributed by atoms with E-state index in [2.05, 4.69) is 17.9 Å². The molecule has 142 valence electrons. The summed E-state index contributed by atoms with van der Waals surface area (Å²) in [5.41, 5.74) is 8.20. The fourth-order valence-corrected chi connectivity index (χ4v) is 5.72. The SMILES string of the molecule is CC1C2Cc3ccc(O)cc3C1(CCCC(N)=O)CCCN2CC1CC1. The van der Waals surface area contributed by atoms with E-state index in [1.54, 1.807) is 0 Å². The first-order chi connectivity index (χ1) is 12.5. The zero-order valence-corrected chi connectivity index (χ0v) is 15.9. The number of phenolic OH excluding ortho intramolecular Hbond substituents is 1. The summed E-state index contributed by atoms with van der Waals surface area (Å²) in [6.07, 6.45) is 8.49. The van der Waals surface area contributed by atoms with Crippen LogP contribution in [-0.2, 0) is 16.6 Å². The molecule has 4 rings (SSSR count). The van der Waals surface area contributed by atoms with Crippen molar-refractivity contribution in [3.05, 3.63) is 29.3 Å². The van der Waals surface area contributed by atoms with Gasteiger partial charge in [-0.2, -0.15) is 0 Å². The Bertz CT molecular complexity index is 685. The third-order valence-corrected chi connectivity index (χ3v) is 7.28. The molecule has 1 saturated heterocycles. The van der Waals surface area contributed by atoms with Crippen LogP contribution in [0, 0.1) is 11.8 Å². The fourth-order valence-electron chi connectivity index (χ4n) is 5.72. The third-order valence-electron chi connectivity index (χ3n) is 7.28. The van der Waals surface area contributed by atoms with Gasteiger partial charge in [0, 0.05) is 19.0 Å². The topological polar surface area (TPSA) is 66.6 Å². The summed E-state index contributed by atoms with van der Waals surface area (Å²) in [4.78, 5) is 14.1. The number of carbonyl (C=O) groups excluding carboxylic acids is 1. The monoisotopic (exact) mass is 356 g/mol. The first-order valence-corrected chi connectivity index (χ1v) is 10.3. The summed E-state index contributed by atoms with van der Waals surface area (Å²) < 4.78 is 0. The summed E-state index contributed by atoms with van der Waals surface area (Å²) in [5.74, 6) is 1.60. The molecule has 3 N–H and O–H groups in total. The van der Waals surface area contributed by atoms with Gasteiger partial charge in [-0.3, -0.25) is 9.69 Å². The number of benzene rings is 1. The standard InChI is InChI=1S/C22H32N2O2/c1-15-20-12-17-7-8-18(25)13-19(17)22(15,9-2-4-21(23)26)10-3-11-24(20)14-16-5-6-16/h7-8,13,15-16,20,25H,2-6,9-12,14H2,1H3,(H2,23,26). The Hall–Kier alpha value is -1.55. The van der Waals surface area contributed by atoms with Gasteiger partial charge in [0.1, 0.15) is 5.75 Å². The van der Waals surface area contributed by atoms with Crippen molar-refractivity contribution < 1.29 is 9.90 Å². The number of nitrogens with two attached hydrogens (primary N) is 1. The van der Waals surface area contributed by atoms with Crippen molar-refractivity contribution in [2.45, 2.75) is 69.7 Å². The van der Waals surface area contributed by atoms with Crippen molar-refractivity contribution in [1.29, 1.82) is 0 Å². The maximum atomic E-state index is 11.3. The molecule has 1 saturated carbocycles. The number of likely N-dealkylation sites (tertiary alicyclic amines) is 1. The molecule has 2 bridgehead atoms. The molecule has 3 unspecified atom stereocenters. The zero-order valence-electron chi connectivity index (χ0n) is 15.9. The van der Waals surface area contributed by atoms with Crippen molar-refractivity contribution in [2.75, 3.05) is 13.1 Å². The number of rotatable bonds is 6.